The van der Waals surface area contributed by atoms with Gasteiger partial charge >= 0.3 is 0 Å². The number of nitrogens with one attached hydrogen (secondary N) is 1. The second-order valence-corrected chi connectivity index (χ2v) is 4.65. The molecule has 2 aromatic rings. The number of aromatic nitrogens is 1. The minimum atomic E-state index is -0.0869. The number of carbonyl (C=O) groups is 1. The molecule has 0 aliphatic carbocycles. The predicted octanol–water partition coefficient (Wildman–Crippen LogP) is 2.13. The second kappa shape index (κ2) is 6.29. The first-order valence-corrected chi connectivity index (χ1v) is 6.47. The molecule has 1 amide bonds. The molecule has 0 aliphatic rings. The molecule has 1 aromatic carbocycles. The van der Waals surface area contributed by atoms with E-state index in [-0.39, 0.29) is 18.6 Å². The zero-order valence-corrected chi connectivity index (χ0v) is 11.0. The quantitative estimate of drug-likeness (QED) is 0.863. The van der Waals surface area contributed by atoms with Gasteiger partial charge in [-0.05, 0) is 44.0 Å². The van der Waals surface area contributed by atoms with Crippen LogP contribution in [0, 0.1) is 0 Å². The minimum absolute atomic E-state index is 0.0595. The zero-order chi connectivity index (χ0) is 13.7. The van der Waals surface area contributed by atoms with Crippen molar-refractivity contribution in [2.45, 2.75) is 25.8 Å². The maximum Gasteiger partial charge on any atom is 0.251 e. The maximum atomic E-state index is 12.1. The standard InChI is InChI=1S/C15H18N2O2/c1-11(4-3-9-18)17-15(19)13-6-7-14-12(10-13)5-2-8-16-14/h2,5-8,10-11,18H,3-4,9H2,1H3,(H,17,19). The fourth-order valence-corrected chi connectivity index (χ4v) is 1.99. The number of fused-ring (bicyclic) bond motifs is 1. The number of aliphatic hydroxyl groups excluding tert-OH is 1. The molecule has 19 heavy (non-hydrogen) atoms. The van der Waals surface area contributed by atoms with E-state index < -0.39 is 0 Å². The molecular weight excluding hydrogens is 240 g/mol. The van der Waals surface area contributed by atoms with Gasteiger partial charge in [0.1, 0.15) is 0 Å². The van der Waals surface area contributed by atoms with Crippen LogP contribution in [0.15, 0.2) is 36.5 Å². The van der Waals surface area contributed by atoms with Gasteiger partial charge in [-0.15, -0.1) is 0 Å². The van der Waals surface area contributed by atoms with Crippen LogP contribution in [0.25, 0.3) is 10.9 Å². The third-order valence-corrected chi connectivity index (χ3v) is 3.04. The van der Waals surface area contributed by atoms with Gasteiger partial charge in [-0.25, -0.2) is 0 Å². The van der Waals surface area contributed by atoms with Crippen LogP contribution in [0.2, 0.25) is 0 Å². The molecule has 1 unspecified atom stereocenters. The summed E-state index contributed by atoms with van der Waals surface area (Å²) in [5.41, 5.74) is 1.52. The van der Waals surface area contributed by atoms with E-state index in [4.69, 9.17) is 5.11 Å². The van der Waals surface area contributed by atoms with Gasteiger partial charge in [-0.1, -0.05) is 6.07 Å². The first-order valence-electron chi connectivity index (χ1n) is 6.47. The monoisotopic (exact) mass is 258 g/mol. The predicted molar refractivity (Wildman–Crippen MR) is 75.0 cm³/mol. The highest BCUT2D eigenvalue weighted by atomic mass is 16.2. The molecule has 0 radical (unpaired) electrons. The Morgan fingerprint density at radius 2 is 2.26 bits per heavy atom. The largest absolute Gasteiger partial charge is 0.396 e. The number of amides is 1. The van der Waals surface area contributed by atoms with Crippen LogP contribution >= 0.6 is 0 Å². The number of hydrogen-bond acceptors (Lipinski definition) is 3. The molecule has 0 aliphatic heterocycles. The number of carbonyl (C=O) groups excluding carboxylic acids is 1. The first kappa shape index (κ1) is 13.5. The molecule has 2 rings (SSSR count). The molecule has 4 nitrogen and oxygen atoms in total. The molecule has 2 N–H and O–H groups in total. The molecule has 4 heteroatoms. The van der Waals surface area contributed by atoms with Gasteiger partial charge in [0.25, 0.3) is 5.91 Å². The number of nitrogens with zero attached hydrogens (tertiary/aromatic N) is 1. The van der Waals surface area contributed by atoms with E-state index in [2.05, 4.69) is 10.3 Å². The summed E-state index contributed by atoms with van der Waals surface area (Å²) < 4.78 is 0. The van der Waals surface area contributed by atoms with Crippen LogP contribution in [0.3, 0.4) is 0 Å². The van der Waals surface area contributed by atoms with E-state index in [9.17, 15) is 4.79 Å². The van der Waals surface area contributed by atoms with Crippen molar-refractivity contribution in [3.05, 3.63) is 42.1 Å². The van der Waals surface area contributed by atoms with Gasteiger partial charge in [-0.2, -0.15) is 0 Å². The van der Waals surface area contributed by atoms with Gasteiger partial charge in [0.15, 0.2) is 0 Å². The topological polar surface area (TPSA) is 62.2 Å². The molecule has 0 spiro atoms. The lowest BCUT2D eigenvalue weighted by atomic mass is 10.1. The van der Waals surface area contributed by atoms with Crippen molar-refractivity contribution in [2.24, 2.45) is 0 Å². The van der Waals surface area contributed by atoms with E-state index in [1.54, 1.807) is 12.3 Å². The lowest BCUT2D eigenvalue weighted by molar-refractivity contribution is 0.0936. The lowest BCUT2D eigenvalue weighted by Gasteiger charge is -2.13. The van der Waals surface area contributed by atoms with Crippen molar-refractivity contribution in [2.75, 3.05) is 6.61 Å². The highest BCUT2D eigenvalue weighted by Crippen LogP contribution is 2.13. The van der Waals surface area contributed by atoms with E-state index in [1.807, 2.05) is 31.2 Å². The molecule has 0 saturated carbocycles. The van der Waals surface area contributed by atoms with Crippen molar-refractivity contribution in [1.82, 2.24) is 10.3 Å². The van der Waals surface area contributed by atoms with Crippen LogP contribution in [0.1, 0.15) is 30.1 Å². The van der Waals surface area contributed by atoms with E-state index in [1.165, 1.54) is 0 Å². The van der Waals surface area contributed by atoms with Gasteiger partial charge in [0.05, 0.1) is 5.52 Å². The van der Waals surface area contributed by atoms with Crippen LogP contribution in [0.4, 0.5) is 0 Å². The van der Waals surface area contributed by atoms with Crippen molar-refractivity contribution >= 4 is 16.8 Å². The summed E-state index contributed by atoms with van der Waals surface area (Å²) in [5, 5.41) is 12.6. The number of pyridine rings is 1. The maximum absolute atomic E-state index is 12.1. The average Bonchev–Trinajstić information content (AvgIpc) is 2.44. The Balaban J connectivity index is 2.08. The van der Waals surface area contributed by atoms with Crippen molar-refractivity contribution in [3.63, 3.8) is 0 Å². The Bertz CT molecular complexity index is 569. The molecule has 1 heterocycles. The zero-order valence-electron chi connectivity index (χ0n) is 11.0. The molecule has 1 aromatic heterocycles. The van der Waals surface area contributed by atoms with Gasteiger partial charge in [-0.3, -0.25) is 9.78 Å². The van der Waals surface area contributed by atoms with Gasteiger partial charge in [0.2, 0.25) is 0 Å². The summed E-state index contributed by atoms with van der Waals surface area (Å²) in [5.74, 6) is -0.0869. The Hall–Kier alpha value is -1.94. The first-order chi connectivity index (χ1) is 9.20. The van der Waals surface area contributed by atoms with Crippen molar-refractivity contribution in [3.8, 4) is 0 Å². The molecule has 0 bridgehead atoms. The molecular formula is C15H18N2O2. The highest BCUT2D eigenvalue weighted by Gasteiger charge is 2.10. The van der Waals surface area contributed by atoms with Gasteiger partial charge < -0.3 is 10.4 Å². The Morgan fingerprint density at radius 1 is 1.42 bits per heavy atom. The van der Waals surface area contributed by atoms with Crippen molar-refractivity contribution < 1.29 is 9.90 Å². The van der Waals surface area contributed by atoms with Crippen LogP contribution in [-0.2, 0) is 0 Å². The normalized spacial score (nSPS) is 12.3. The fraction of sp³-hybridized carbons (Fsp3) is 0.333. The van der Waals surface area contributed by atoms with Crippen LogP contribution < -0.4 is 5.32 Å². The molecule has 0 saturated heterocycles. The summed E-state index contributed by atoms with van der Waals surface area (Å²) in [6, 6.07) is 9.33. The highest BCUT2D eigenvalue weighted by molar-refractivity contribution is 5.98. The Kier molecular flexibility index (Phi) is 4.47. The lowest BCUT2D eigenvalue weighted by Crippen LogP contribution is -2.32. The SMILES string of the molecule is CC(CCCO)NC(=O)c1ccc2ncccc2c1. The third kappa shape index (κ3) is 3.51. The van der Waals surface area contributed by atoms with Crippen LogP contribution in [0.5, 0.6) is 0 Å². The van der Waals surface area contributed by atoms with E-state index in [0.29, 0.717) is 12.0 Å². The number of hydrogen-bond donors (Lipinski definition) is 2. The van der Waals surface area contributed by atoms with E-state index >= 15 is 0 Å². The summed E-state index contributed by atoms with van der Waals surface area (Å²) in [4.78, 5) is 16.3. The molecule has 1 atom stereocenters. The number of benzene rings is 1. The fourth-order valence-electron chi connectivity index (χ4n) is 1.99. The third-order valence-electron chi connectivity index (χ3n) is 3.04. The average molecular weight is 258 g/mol. The molecule has 100 valence electrons. The van der Waals surface area contributed by atoms with Crippen molar-refractivity contribution in [1.29, 1.82) is 0 Å². The van der Waals surface area contributed by atoms with Gasteiger partial charge in [0, 0.05) is 29.8 Å². The summed E-state index contributed by atoms with van der Waals surface area (Å²) in [6.07, 6.45) is 3.21. The Labute approximate surface area is 112 Å². The van der Waals surface area contributed by atoms with E-state index in [0.717, 1.165) is 17.3 Å². The second-order valence-electron chi connectivity index (χ2n) is 4.65. The number of aliphatic hydroxyl groups is 1. The smallest absolute Gasteiger partial charge is 0.251 e. The van der Waals surface area contributed by atoms with Crippen LogP contribution in [-0.4, -0.2) is 28.6 Å². The summed E-state index contributed by atoms with van der Waals surface area (Å²) >= 11 is 0. The minimum Gasteiger partial charge on any atom is -0.396 e. The number of rotatable bonds is 5. The summed E-state index contributed by atoms with van der Waals surface area (Å²) in [7, 11) is 0. The summed E-state index contributed by atoms with van der Waals surface area (Å²) in [6.45, 7) is 2.10. The molecule has 0 fully saturated rings. The Morgan fingerprint density at radius 3 is 3.05 bits per heavy atom.